The monoisotopic (exact) mass is 412 g/mol. The third-order valence-electron chi connectivity index (χ3n) is 4.86. The average molecular weight is 413 g/mol. The van der Waals surface area contributed by atoms with Crippen molar-refractivity contribution in [3.05, 3.63) is 45.8 Å². The Morgan fingerprint density at radius 2 is 2.21 bits per heavy atom. The van der Waals surface area contributed by atoms with Gasteiger partial charge in [-0.25, -0.2) is 4.79 Å². The lowest BCUT2D eigenvalue weighted by Crippen LogP contribution is -2.29. The summed E-state index contributed by atoms with van der Waals surface area (Å²) >= 11 is 1.44. The number of nitrogens with zero attached hydrogens (tertiary/aromatic N) is 1. The molecule has 1 aliphatic rings. The molecule has 0 saturated heterocycles. The fourth-order valence-electron chi connectivity index (χ4n) is 3.31. The van der Waals surface area contributed by atoms with Gasteiger partial charge in [0.1, 0.15) is 16.8 Å². The van der Waals surface area contributed by atoms with Crippen LogP contribution in [-0.2, 0) is 27.2 Å². The first-order valence-corrected chi connectivity index (χ1v) is 10.4. The standard InChI is InChI=1S/C22H24N2O4S/c1-13-5-4-6-16(9-13)28-15(3)22(26)27-12-20(25)24-21-18(11-23)17-8-7-14(2)10-19(17)29-21/h4-6,9,14-15H,7-8,10,12H2,1-3H3,(H,24,25)/t14-,15+/m0/s1. The molecule has 0 radical (unpaired) electrons. The smallest absolute Gasteiger partial charge is 0.347 e. The van der Waals surface area contributed by atoms with Gasteiger partial charge in [-0.3, -0.25) is 4.79 Å². The first-order valence-electron chi connectivity index (χ1n) is 9.61. The summed E-state index contributed by atoms with van der Waals surface area (Å²) in [7, 11) is 0. The van der Waals surface area contributed by atoms with Crippen molar-refractivity contribution in [2.24, 2.45) is 5.92 Å². The summed E-state index contributed by atoms with van der Waals surface area (Å²) in [5.41, 5.74) is 2.60. The summed E-state index contributed by atoms with van der Waals surface area (Å²) in [6.07, 6.45) is 1.99. The molecular formula is C22H24N2O4S. The number of hydrogen-bond donors (Lipinski definition) is 1. The van der Waals surface area contributed by atoms with Crippen molar-refractivity contribution in [3.63, 3.8) is 0 Å². The Hall–Kier alpha value is -2.85. The molecule has 1 aromatic carbocycles. The van der Waals surface area contributed by atoms with Crippen molar-refractivity contribution in [2.75, 3.05) is 11.9 Å². The van der Waals surface area contributed by atoms with Crippen LogP contribution in [0.2, 0.25) is 0 Å². The molecule has 152 valence electrons. The van der Waals surface area contributed by atoms with E-state index in [4.69, 9.17) is 9.47 Å². The molecule has 2 aromatic rings. The topological polar surface area (TPSA) is 88.4 Å². The number of esters is 1. The Kier molecular flexibility index (Phi) is 6.55. The van der Waals surface area contributed by atoms with Crippen LogP contribution in [-0.4, -0.2) is 24.6 Å². The van der Waals surface area contributed by atoms with E-state index in [0.29, 0.717) is 22.2 Å². The number of ether oxygens (including phenoxy) is 2. The lowest BCUT2D eigenvalue weighted by molar-refractivity contribution is -0.153. The summed E-state index contributed by atoms with van der Waals surface area (Å²) in [6, 6.07) is 9.55. The fourth-order valence-corrected chi connectivity index (χ4v) is 4.69. The number of aryl methyl sites for hydroxylation is 1. The fraction of sp³-hybridized carbons (Fsp3) is 0.409. The van der Waals surface area contributed by atoms with Crippen LogP contribution in [0.15, 0.2) is 24.3 Å². The zero-order chi connectivity index (χ0) is 21.0. The summed E-state index contributed by atoms with van der Waals surface area (Å²) < 4.78 is 10.6. The van der Waals surface area contributed by atoms with Gasteiger partial charge in [0.15, 0.2) is 12.7 Å². The third-order valence-corrected chi connectivity index (χ3v) is 6.03. The number of rotatable bonds is 6. The van der Waals surface area contributed by atoms with E-state index in [1.807, 2.05) is 25.1 Å². The number of thiophene rings is 1. The molecule has 1 N–H and O–H groups in total. The van der Waals surface area contributed by atoms with Crippen molar-refractivity contribution < 1.29 is 19.1 Å². The minimum absolute atomic E-state index is 0.426. The van der Waals surface area contributed by atoms with E-state index in [-0.39, 0.29) is 0 Å². The van der Waals surface area contributed by atoms with Crippen LogP contribution >= 0.6 is 11.3 Å². The van der Waals surface area contributed by atoms with Gasteiger partial charge >= 0.3 is 5.97 Å². The maximum absolute atomic E-state index is 12.3. The Balaban J connectivity index is 1.55. The second-order valence-corrected chi connectivity index (χ2v) is 8.51. The van der Waals surface area contributed by atoms with Gasteiger partial charge in [-0.15, -0.1) is 11.3 Å². The van der Waals surface area contributed by atoms with Crippen LogP contribution < -0.4 is 10.1 Å². The van der Waals surface area contributed by atoms with E-state index in [2.05, 4.69) is 18.3 Å². The number of benzene rings is 1. The van der Waals surface area contributed by atoms with Crippen molar-refractivity contribution in [3.8, 4) is 11.8 Å². The molecule has 0 saturated carbocycles. The quantitative estimate of drug-likeness (QED) is 0.725. The largest absolute Gasteiger partial charge is 0.479 e. The van der Waals surface area contributed by atoms with Gasteiger partial charge in [-0.2, -0.15) is 5.26 Å². The van der Waals surface area contributed by atoms with Crippen molar-refractivity contribution in [2.45, 2.75) is 46.1 Å². The predicted octanol–water partition coefficient (Wildman–Crippen LogP) is 4.00. The number of carbonyl (C=O) groups is 2. The molecule has 3 rings (SSSR count). The van der Waals surface area contributed by atoms with Gasteiger partial charge in [-0.05, 0) is 62.3 Å². The molecule has 1 aliphatic carbocycles. The molecule has 2 atom stereocenters. The zero-order valence-corrected chi connectivity index (χ0v) is 17.6. The van der Waals surface area contributed by atoms with E-state index >= 15 is 0 Å². The maximum atomic E-state index is 12.3. The van der Waals surface area contributed by atoms with E-state index in [1.54, 1.807) is 13.0 Å². The highest BCUT2D eigenvalue weighted by Crippen LogP contribution is 2.39. The number of hydrogen-bond acceptors (Lipinski definition) is 6. The highest BCUT2D eigenvalue weighted by Gasteiger charge is 2.25. The van der Waals surface area contributed by atoms with Gasteiger partial charge in [0, 0.05) is 4.88 Å². The van der Waals surface area contributed by atoms with Gasteiger partial charge in [0.2, 0.25) is 0 Å². The van der Waals surface area contributed by atoms with Gasteiger partial charge in [0.25, 0.3) is 5.91 Å². The second kappa shape index (κ2) is 9.10. The van der Waals surface area contributed by atoms with Crippen molar-refractivity contribution >= 4 is 28.2 Å². The molecule has 6 nitrogen and oxygen atoms in total. The Morgan fingerprint density at radius 1 is 1.41 bits per heavy atom. The van der Waals surface area contributed by atoms with Crippen LogP contribution in [0.1, 0.15) is 41.8 Å². The maximum Gasteiger partial charge on any atom is 0.347 e. The van der Waals surface area contributed by atoms with Crippen LogP contribution in [0.5, 0.6) is 5.75 Å². The number of nitrogens with one attached hydrogen (secondary N) is 1. The summed E-state index contributed by atoms with van der Waals surface area (Å²) in [4.78, 5) is 25.5. The first kappa shape index (κ1) is 20.9. The molecule has 0 unspecified atom stereocenters. The number of amides is 1. The highest BCUT2D eigenvalue weighted by molar-refractivity contribution is 7.16. The highest BCUT2D eigenvalue weighted by atomic mass is 32.1. The van der Waals surface area contributed by atoms with Gasteiger partial charge in [0.05, 0.1) is 5.56 Å². The first-order chi connectivity index (χ1) is 13.9. The molecule has 29 heavy (non-hydrogen) atoms. The van der Waals surface area contributed by atoms with Crippen LogP contribution in [0, 0.1) is 24.2 Å². The molecule has 0 aliphatic heterocycles. The molecule has 0 spiro atoms. The second-order valence-electron chi connectivity index (χ2n) is 7.40. The molecule has 0 fully saturated rings. The Morgan fingerprint density at radius 3 is 2.93 bits per heavy atom. The van der Waals surface area contributed by atoms with Crippen molar-refractivity contribution in [1.29, 1.82) is 5.26 Å². The van der Waals surface area contributed by atoms with E-state index < -0.39 is 24.6 Å². The molecule has 0 bridgehead atoms. The van der Waals surface area contributed by atoms with Crippen LogP contribution in [0.25, 0.3) is 0 Å². The number of carbonyl (C=O) groups excluding carboxylic acids is 2. The predicted molar refractivity (Wildman–Crippen MR) is 111 cm³/mol. The minimum atomic E-state index is -0.838. The SMILES string of the molecule is Cc1cccc(O[C@H](C)C(=O)OCC(=O)Nc2sc3c(c2C#N)CC[C@H](C)C3)c1. The van der Waals surface area contributed by atoms with Crippen LogP contribution in [0.3, 0.4) is 0 Å². The molecule has 1 aromatic heterocycles. The molecule has 1 heterocycles. The van der Waals surface area contributed by atoms with Crippen LogP contribution in [0.4, 0.5) is 5.00 Å². The normalized spacial score (nSPS) is 16.3. The number of anilines is 1. The van der Waals surface area contributed by atoms with E-state index in [1.165, 1.54) is 11.3 Å². The Labute approximate surface area is 174 Å². The summed E-state index contributed by atoms with van der Waals surface area (Å²) in [5, 5.41) is 12.8. The van der Waals surface area contributed by atoms with E-state index in [9.17, 15) is 14.9 Å². The number of fused-ring (bicyclic) bond motifs is 1. The molecule has 1 amide bonds. The zero-order valence-electron chi connectivity index (χ0n) is 16.8. The number of nitriles is 1. The van der Waals surface area contributed by atoms with Gasteiger partial charge < -0.3 is 14.8 Å². The lowest BCUT2D eigenvalue weighted by atomic mass is 9.89. The minimum Gasteiger partial charge on any atom is -0.479 e. The van der Waals surface area contributed by atoms with Gasteiger partial charge in [-0.1, -0.05) is 19.1 Å². The summed E-state index contributed by atoms with van der Waals surface area (Å²) in [5.74, 6) is 0.0498. The Bertz CT molecular complexity index is 960. The van der Waals surface area contributed by atoms with E-state index in [0.717, 1.165) is 35.3 Å². The molecule has 7 heteroatoms. The summed E-state index contributed by atoms with van der Waals surface area (Å²) in [6.45, 7) is 5.26. The third kappa shape index (κ3) is 5.15. The lowest BCUT2D eigenvalue weighted by Gasteiger charge is -2.17. The average Bonchev–Trinajstić information content (AvgIpc) is 3.01. The van der Waals surface area contributed by atoms with Crippen molar-refractivity contribution in [1.82, 2.24) is 0 Å². The molecular weight excluding hydrogens is 388 g/mol.